The summed E-state index contributed by atoms with van der Waals surface area (Å²) in [5.74, 6) is 0.868. The van der Waals surface area contributed by atoms with E-state index in [9.17, 15) is 0 Å². The normalized spacial score (nSPS) is 18.6. The van der Waals surface area contributed by atoms with Gasteiger partial charge in [-0.3, -0.25) is 4.99 Å². The van der Waals surface area contributed by atoms with Gasteiger partial charge in [0.1, 0.15) is 11.5 Å². The molecule has 104 valence electrons. The Labute approximate surface area is 113 Å². The summed E-state index contributed by atoms with van der Waals surface area (Å²) in [5, 5.41) is 0. The van der Waals surface area contributed by atoms with Crippen LogP contribution in [-0.2, 0) is 4.74 Å². The number of imidazole rings is 1. The average Bonchev–Trinajstić information content (AvgIpc) is 2.99. The number of ether oxygens (including phenoxy) is 1. The number of aromatic nitrogens is 2. The number of nitrogens with one attached hydrogen (secondary N) is 1. The van der Waals surface area contributed by atoms with Crippen LogP contribution in [0.25, 0.3) is 5.70 Å². The first-order chi connectivity index (χ1) is 9.22. The Morgan fingerprint density at radius 2 is 2.32 bits per heavy atom. The number of nitrogens with two attached hydrogens (primary N) is 1. The Balaban J connectivity index is 2.09. The second-order valence-electron chi connectivity index (χ2n) is 4.59. The standard InChI is InChI=1S/C13H21N5O/c1-15-13(7-11(14)12-8-16-9-17-12)18(2)10-3-5-19-6-4-10/h7-10H,3-6,14H2,1-2H3,(H,16,17)/b11-7-,15-13+. The predicted octanol–water partition coefficient (Wildman–Crippen LogP) is 0.848. The molecular weight excluding hydrogens is 242 g/mol. The van der Waals surface area contributed by atoms with Gasteiger partial charge in [0.05, 0.1) is 12.0 Å². The van der Waals surface area contributed by atoms with Crippen LogP contribution in [-0.4, -0.2) is 54.1 Å². The second-order valence-corrected chi connectivity index (χ2v) is 4.59. The zero-order valence-electron chi connectivity index (χ0n) is 11.5. The molecule has 0 amide bonds. The predicted molar refractivity (Wildman–Crippen MR) is 75.7 cm³/mol. The largest absolute Gasteiger partial charge is 0.397 e. The lowest BCUT2D eigenvalue weighted by Gasteiger charge is -2.32. The van der Waals surface area contributed by atoms with Crippen LogP contribution >= 0.6 is 0 Å². The maximum atomic E-state index is 6.03. The van der Waals surface area contributed by atoms with Gasteiger partial charge >= 0.3 is 0 Å². The van der Waals surface area contributed by atoms with E-state index in [1.807, 2.05) is 13.1 Å². The third-order valence-electron chi connectivity index (χ3n) is 3.41. The smallest absolute Gasteiger partial charge is 0.125 e. The van der Waals surface area contributed by atoms with Crippen molar-refractivity contribution in [3.63, 3.8) is 0 Å². The number of amidine groups is 1. The minimum atomic E-state index is 0.454. The molecule has 0 spiro atoms. The highest BCUT2D eigenvalue weighted by atomic mass is 16.5. The monoisotopic (exact) mass is 263 g/mol. The van der Waals surface area contributed by atoms with Crippen LogP contribution in [0.2, 0.25) is 0 Å². The van der Waals surface area contributed by atoms with Gasteiger partial charge < -0.3 is 20.4 Å². The summed E-state index contributed by atoms with van der Waals surface area (Å²) in [6, 6.07) is 0.454. The van der Waals surface area contributed by atoms with Gasteiger partial charge in [0.15, 0.2) is 0 Å². The van der Waals surface area contributed by atoms with Gasteiger partial charge in [0, 0.05) is 45.6 Å². The number of aliphatic imine (C=N–C) groups is 1. The van der Waals surface area contributed by atoms with E-state index in [1.165, 1.54) is 0 Å². The SMILES string of the molecule is C/N=C(\C=C(/N)c1c[nH]cn1)N(C)C1CCOCC1. The molecule has 0 atom stereocenters. The third kappa shape index (κ3) is 3.35. The lowest BCUT2D eigenvalue weighted by Crippen LogP contribution is -2.40. The lowest BCUT2D eigenvalue weighted by atomic mass is 10.1. The van der Waals surface area contributed by atoms with E-state index in [-0.39, 0.29) is 0 Å². The van der Waals surface area contributed by atoms with E-state index < -0.39 is 0 Å². The molecule has 1 aliphatic heterocycles. The van der Waals surface area contributed by atoms with Crippen LogP contribution in [0.5, 0.6) is 0 Å². The molecule has 2 heterocycles. The minimum Gasteiger partial charge on any atom is -0.397 e. The lowest BCUT2D eigenvalue weighted by molar-refractivity contribution is 0.0607. The fourth-order valence-electron chi connectivity index (χ4n) is 2.21. The van der Waals surface area contributed by atoms with Gasteiger partial charge in [0.25, 0.3) is 0 Å². The number of aromatic amines is 1. The number of nitrogens with zero attached hydrogens (tertiary/aromatic N) is 3. The summed E-state index contributed by atoms with van der Waals surface area (Å²) in [5.41, 5.74) is 7.38. The Hall–Kier alpha value is -1.82. The van der Waals surface area contributed by atoms with Crippen molar-refractivity contribution in [2.45, 2.75) is 18.9 Å². The first kappa shape index (κ1) is 13.6. The molecule has 1 aromatic heterocycles. The number of likely N-dealkylation sites (N-methyl/N-ethyl adjacent to an activating group) is 1. The van der Waals surface area contributed by atoms with Crippen molar-refractivity contribution >= 4 is 11.5 Å². The van der Waals surface area contributed by atoms with E-state index in [0.29, 0.717) is 11.7 Å². The fourth-order valence-corrected chi connectivity index (χ4v) is 2.21. The van der Waals surface area contributed by atoms with E-state index in [4.69, 9.17) is 10.5 Å². The van der Waals surface area contributed by atoms with Crippen molar-refractivity contribution in [2.75, 3.05) is 27.3 Å². The average molecular weight is 263 g/mol. The quantitative estimate of drug-likeness (QED) is 0.626. The van der Waals surface area contributed by atoms with Crippen molar-refractivity contribution in [3.05, 3.63) is 24.3 Å². The molecule has 0 aromatic carbocycles. The summed E-state index contributed by atoms with van der Waals surface area (Å²) >= 11 is 0. The zero-order valence-corrected chi connectivity index (χ0v) is 11.5. The van der Waals surface area contributed by atoms with Crippen LogP contribution in [0.4, 0.5) is 0 Å². The zero-order chi connectivity index (χ0) is 13.7. The van der Waals surface area contributed by atoms with Crippen LogP contribution in [0.1, 0.15) is 18.5 Å². The van der Waals surface area contributed by atoms with E-state index in [0.717, 1.165) is 37.6 Å². The first-order valence-electron chi connectivity index (χ1n) is 6.46. The molecule has 6 nitrogen and oxygen atoms in total. The van der Waals surface area contributed by atoms with Gasteiger partial charge in [-0.05, 0) is 12.8 Å². The summed E-state index contributed by atoms with van der Waals surface area (Å²) in [6.45, 7) is 1.62. The maximum Gasteiger partial charge on any atom is 0.125 e. The Kier molecular flexibility index (Phi) is 4.57. The Morgan fingerprint density at radius 3 is 2.89 bits per heavy atom. The Morgan fingerprint density at radius 1 is 1.58 bits per heavy atom. The number of hydrogen-bond acceptors (Lipinski definition) is 4. The van der Waals surface area contributed by atoms with Gasteiger partial charge in [-0.1, -0.05) is 0 Å². The van der Waals surface area contributed by atoms with E-state index in [1.54, 1.807) is 19.6 Å². The first-order valence-corrected chi connectivity index (χ1v) is 6.46. The number of H-pyrrole nitrogens is 1. The molecule has 2 rings (SSSR count). The number of hydrogen-bond donors (Lipinski definition) is 2. The van der Waals surface area contributed by atoms with Crippen molar-refractivity contribution in [3.8, 4) is 0 Å². The molecule has 19 heavy (non-hydrogen) atoms. The molecule has 1 saturated heterocycles. The fraction of sp³-hybridized carbons (Fsp3) is 0.538. The maximum absolute atomic E-state index is 6.03. The number of rotatable bonds is 3. The van der Waals surface area contributed by atoms with Gasteiger partial charge in [-0.25, -0.2) is 4.98 Å². The van der Waals surface area contributed by atoms with Gasteiger partial charge in [-0.15, -0.1) is 0 Å². The highest BCUT2D eigenvalue weighted by Crippen LogP contribution is 2.15. The van der Waals surface area contributed by atoms with E-state index in [2.05, 4.69) is 19.9 Å². The molecule has 1 aliphatic rings. The summed E-state index contributed by atoms with van der Waals surface area (Å²) < 4.78 is 5.38. The highest BCUT2D eigenvalue weighted by molar-refractivity contribution is 5.98. The van der Waals surface area contributed by atoms with Crippen molar-refractivity contribution in [2.24, 2.45) is 10.7 Å². The highest BCUT2D eigenvalue weighted by Gasteiger charge is 2.20. The molecule has 0 saturated carbocycles. The molecule has 0 aliphatic carbocycles. The van der Waals surface area contributed by atoms with Crippen LogP contribution in [0, 0.1) is 0 Å². The van der Waals surface area contributed by atoms with E-state index >= 15 is 0 Å². The van der Waals surface area contributed by atoms with Crippen LogP contribution in [0.15, 0.2) is 23.6 Å². The molecule has 0 unspecified atom stereocenters. The molecule has 3 N–H and O–H groups in total. The van der Waals surface area contributed by atoms with Crippen LogP contribution < -0.4 is 5.73 Å². The molecule has 6 heteroatoms. The molecule has 0 bridgehead atoms. The van der Waals surface area contributed by atoms with Gasteiger partial charge in [0.2, 0.25) is 0 Å². The van der Waals surface area contributed by atoms with Crippen LogP contribution in [0.3, 0.4) is 0 Å². The topological polar surface area (TPSA) is 79.5 Å². The summed E-state index contributed by atoms with van der Waals surface area (Å²) in [4.78, 5) is 13.5. The third-order valence-corrected chi connectivity index (χ3v) is 3.41. The van der Waals surface area contributed by atoms with Crippen molar-refractivity contribution in [1.82, 2.24) is 14.9 Å². The molecular formula is C13H21N5O. The van der Waals surface area contributed by atoms with Gasteiger partial charge in [-0.2, -0.15) is 0 Å². The summed E-state index contributed by atoms with van der Waals surface area (Å²) in [6.07, 6.45) is 7.29. The second kappa shape index (κ2) is 6.38. The van der Waals surface area contributed by atoms with Crippen molar-refractivity contribution in [1.29, 1.82) is 0 Å². The minimum absolute atomic E-state index is 0.454. The molecule has 0 radical (unpaired) electrons. The molecule has 1 aromatic rings. The van der Waals surface area contributed by atoms with Crippen molar-refractivity contribution < 1.29 is 4.74 Å². The Bertz CT molecular complexity index is 446. The molecule has 1 fully saturated rings. The summed E-state index contributed by atoms with van der Waals surface area (Å²) in [7, 11) is 3.83.